The molecular formula is C13H17N3O. The highest BCUT2D eigenvalue weighted by Gasteiger charge is 2.10. The Morgan fingerprint density at radius 1 is 1.29 bits per heavy atom. The lowest BCUT2D eigenvalue weighted by Gasteiger charge is -2.04. The monoisotopic (exact) mass is 231 g/mol. The zero-order valence-corrected chi connectivity index (χ0v) is 10.4. The van der Waals surface area contributed by atoms with Crippen molar-refractivity contribution in [3.63, 3.8) is 0 Å². The van der Waals surface area contributed by atoms with E-state index in [0.717, 1.165) is 22.7 Å². The molecule has 0 unspecified atom stereocenters. The first kappa shape index (κ1) is 11.5. The van der Waals surface area contributed by atoms with Crippen LogP contribution in [0.15, 0.2) is 24.3 Å². The van der Waals surface area contributed by atoms with Gasteiger partial charge in [-0.2, -0.15) is 0 Å². The molecule has 0 aliphatic heterocycles. The highest BCUT2D eigenvalue weighted by Crippen LogP contribution is 2.25. The van der Waals surface area contributed by atoms with Gasteiger partial charge in [0, 0.05) is 18.3 Å². The number of nitrogen functional groups attached to an aromatic ring is 1. The number of imidazole rings is 1. The van der Waals surface area contributed by atoms with Gasteiger partial charge in [0.2, 0.25) is 5.95 Å². The number of ether oxygens (including phenoxy) is 1. The van der Waals surface area contributed by atoms with Crippen LogP contribution in [0, 0.1) is 6.92 Å². The first-order valence-corrected chi connectivity index (χ1v) is 5.65. The van der Waals surface area contributed by atoms with E-state index in [1.54, 1.807) is 0 Å². The van der Waals surface area contributed by atoms with Gasteiger partial charge in [-0.15, -0.1) is 0 Å². The van der Waals surface area contributed by atoms with Crippen LogP contribution in [0.5, 0.6) is 5.75 Å². The van der Waals surface area contributed by atoms with Gasteiger partial charge in [0.1, 0.15) is 5.75 Å². The Bertz CT molecular complexity index is 514. The van der Waals surface area contributed by atoms with Gasteiger partial charge in [-0.1, -0.05) is 0 Å². The molecule has 4 heteroatoms. The number of anilines is 1. The fourth-order valence-corrected chi connectivity index (χ4v) is 1.75. The van der Waals surface area contributed by atoms with E-state index in [9.17, 15) is 0 Å². The van der Waals surface area contributed by atoms with Crippen molar-refractivity contribution in [1.29, 1.82) is 0 Å². The first-order valence-electron chi connectivity index (χ1n) is 5.65. The summed E-state index contributed by atoms with van der Waals surface area (Å²) in [6.07, 6.45) is 0. The van der Waals surface area contributed by atoms with Gasteiger partial charge in [-0.3, -0.25) is 0 Å². The minimum Gasteiger partial charge on any atom is -0.494 e. The summed E-state index contributed by atoms with van der Waals surface area (Å²) in [7, 11) is 1.91. The second-order valence-corrected chi connectivity index (χ2v) is 3.92. The summed E-state index contributed by atoms with van der Waals surface area (Å²) in [5.41, 5.74) is 8.82. The molecular weight excluding hydrogens is 214 g/mol. The molecule has 1 aromatic carbocycles. The Kier molecular flexibility index (Phi) is 3.04. The van der Waals surface area contributed by atoms with Crippen molar-refractivity contribution < 1.29 is 4.74 Å². The van der Waals surface area contributed by atoms with Crippen molar-refractivity contribution in [3.8, 4) is 17.0 Å². The maximum atomic E-state index is 5.78. The van der Waals surface area contributed by atoms with Gasteiger partial charge in [0.15, 0.2) is 0 Å². The van der Waals surface area contributed by atoms with Crippen molar-refractivity contribution in [2.75, 3.05) is 12.3 Å². The molecule has 90 valence electrons. The third kappa shape index (κ3) is 2.11. The van der Waals surface area contributed by atoms with E-state index in [1.807, 2.05) is 49.7 Å². The Hall–Kier alpha value is -1.97. The van der Waals surface area contributed by atoms with Crippen LogP contribution in [0.3, 0.4) is 0 Å². The third-order valence-corrected chi connectivity index (χ3v) is 2.85. The smallest absolute Gasteiger partial charge is 0.200 e. The molecule has 0 amide bonds. The van der Waals surface area contributed by atoms with E-state index in [0.29, 0.717) is 12.6 Å². The highest BCUT2D eigenvalue weighted by molar-refractivity contribution is 5.64. The average Bonchev–Trinajstić information content (AvgIpc) is 2.59. The Morgan fingerprint density at radius 2 is 1.94 bits per heavy atom. The molecule has 0 saturated carbocycles. The number of nitrogens with two attached hydrogens (primary N) is 1. The predicted molar refractivity (Wildman–Crippen MR) is 69.0 cm³/mol. The lowest BCUT2D eigenvalue weighted by Crippen LogP contribution is -1.97. The van der Waals surface area contributed by atoms with E-state index in [2.05, 4.69) is 4.98 Å². The fourth-order valence-electron chi connectivity index (χ4n) is 1.75. The normalized spacial score (nSPS) is 10.5. The summed E-state index contributed by atoms with van der Waals surface area (Å²) in [4.78, 5) is 4.36. The van der Waals surface area contributed by atoms with Gasteiger partial charge in [-0.05, 0) is 38.1 Å². The van der Waals surface area contributed by atoms with Crippen molar-refractivity contribution >= 4 is 5.95 Å². The summed E-state index contributed by atoms with van der Waals surface area (Å²) in [5.74, 6) is 1.41. The molecule has 0 atom stereocenters. The summed E-state index contributed by atoms with van der Waals surface area (Å²) in [5, 5.41) is 0. The molecule has 0 fully saturated rings. The molecule has 4 nitrogen and oxygen atoms in total. The Labute approximate surface area is 101 Å². The SMILES string of the molecule is CCOc1ccc(-c2nc(N)n(C)c2C)cc1. The van der Waals surface area contributed by atoms with Crippen LogP contribution in [0.25, 0.3) is 11.3 Å². The molecule has 17 heavy (non-hydrogen) atoms. The number of rotatable bonds is 3. The molecule has 0 aliphatic carbocycles. The van der Waals surface area contributed by atoms with Crippen LogP contribution in [-0.2, 0) is 7.05 Å². The first-order chi connectivity index (χ1) is 8.13. The molecule has 0 bridgehead atoms. The quantitative estimate of drug-likeness (QED) is 0.882. The van der Waals surface area contributed by atoms with E-state index in [-0.39, 0.29) is 0 Å². The summed E-state index contributed by atoms with van der Waals surface area (Å²) in [6.45, 7) is 4.65. The van der Waals surface area contributed by atoms with E-state index in [4.69, 9.17) is 10.5 Å². The number of nitrogens with zero attached hydrogens (tertiary/aromatic N) is 2. The fraction of sp³-hybridized carbons (Fsp3) is 0.308. The summed E-state index contributed by atoms with van der Waals surface area (Å²) >= 11 is 0. The molecule has 0 radical (unpaired) electrons. The predicted octanol–water partition coefficient (Wildman–Crippen LogP) is 2.38. The maximum Gasteiger partial charge on any atom is 0.200 e. The number of hydrogen-bond donors (Lipinski definition) is 1. The lowest BCUT2D eigenvalue weighted by molar-refractivity contribution is 0.340. The van der Waals surface area contributed by atoms with E-state index >= 15 is 0 Å². The second kappa shape index (κ2) is 4.49. The molecule has 2 aromatic rings. The zero-order valence-electron chi connectivity index (χ0n) is 10.4. The van der Waals surface area contributed by atoms with Gasteiger partial charge in [0.05, 0.1) is 12.3 Å². The van der Waals surface area contributed by atoms with Crippen molar-refractivity contribution in [2.45, 2.75) is 13.8 Å². The lowest BCUT2D eigenvalue weighted by atomic mass is 10.1. The molecule has 0 saturated heterocycles. The van der Waals surface area contributed by atoms with Gasteiger partial charge < -0.3 is 15.0 Å². The number of hydrogen-bond acceptors (Lipinski definition) is 3. The third-order valence-electron chi connectivity index (χ3n) is 2.85. The Morgan fingerprint density at radius 3 is 2.41 bits per heavy atom. The van der Waals surface area contributed by atoms with Gasteiger partial charge >= 0.3 is 0 Å². The van der Waals surface area contributed by atoms with Crippen molar-refractivity contribution in [2.24, 2.45) is 7.05 Å². The molecule has 0 spiro atoms. The summed E-state index contributed by atoms with van der Waals surface area (Å²) in [6, 6.07) is 7.89. The van der Waals surface area contributed by atoms with Crippen LogP contribution >= 0.6 is 0 Å². The molecule has 0 aliphatic rings. The molecule has 2 rings (SSSR count). The van der Waals surface area contributed by atoms with E-state index in [1.165, 1.54) is 0 Å². The maximum absolute atomic E-state index is 5.78. The number of benzene rings is 1. The van der Waals surface area contributed by atoms with Gasteiger partial charge in [-0.25, -0.2) is 4.98 Å². The topological polar surface area (TPSA) is 53.1 Å². The second-order valence-electron chi connectivity index (χ2n) is 3.92. The van der Waals surface area contributed by atoms with Crippen molar-refractivity contribution in [3.05, 3.63) is 30.0 Å². The van der Waals surface area contributed by atoms with Crippen molar-refractivity contribution in [1.82, 2.24) is 9.55 Å². The molecule has 2 N–H and O–H groups in total. The van der Waals surface area contributed by atoms with E-state index < -0.39 is 0 Å². The molecule has 1 heterocycles. The van der Waals surface area contributed by atoms with Crippen LogP contribution in [-0.4, -0.2) is 16.2 Å². The summed E-state index contributed by atoms with van der Waals surface area (Å²) < 4.78 is 7.29. The number of aromatic nitrogens is 2. The zero-order chi connectivity index (χ0) is 12.4. The molecule has 1 aromatic heterocycles. The largest absolute Gasteiger partial charge is 0.494 e. The Balaban J connectivity index is 2.36. The standard InChI is InChI=1S/C13H17N3O/c1-4-17-11-7-5-10(6-8-11)12-9(2)16(3)13(14)15-12/h5-8H,4H2,1-3H3,(H2,14,15). The van der Waals surface area contributed by atoms with Crippen LogP contribution < -0.4 is 10.5 Å². The van der Waals surface area contributed by atoms with Crippen LogP contribution in [0.4, 0.5) is 5.95 Å². The minimum absolute atomic E-state index is 0.534. The van der Waals surface area contributed by atoms with Gasteiger partial charge in [0.25, 0.3) is 0 Å². The average molecular weight is 231 g/mol. The van der Waals surface area contributed by atoms with Crippen LogP contribution in [0.2, 0.25) is 0 Å². The minimum atomic E-state index is 0.534. The highest BCUT2D eigenvalue weighted by atomic mass is 16.5. The van der Waals surface area contributed by atoms with Crippen LogP contribution in [0.1, 0.15) is 12.6 Å².